The van der Waals surface area contributed by atoms with Gasteiger partial charge in [0.05, 0.1) is 23.5 Å². The topological polar surface area (TPSA) is 63.2 Å². The van der Waals surface area contributed by atoms with E-state index in [2.05, 4.69) is 22.3 Å². The van der Waals surface area contributed by atoms with Crippen LogP contribution in [0.25, 0.3) is 5.57 Å². The fourth-order valence-corrected chi connectivity index (χ4v) is 4.75. The van der Waals surface area contributed by atoms with Crippen molar-refractivity contribution in [2.24, 2.45) is 4.99 Å². The van der Waals surface area contributed by atoms with E-state index in [1.54, 1.807) is 12.3 Å². The molecule has 0 bridgehead atoms. The van der Waals surface area contributed by atoms with Crippen LogP contribution in [0.15, 0.2) is 47.0 Å². The van der Waals surface area contributed by atoms with Crippen LogP contribution >= 0.6 is 0 Å². The lowest BCUT2D eigenvalue weighted by molar-refractivity contribution is 0.0947. The molecule has 1 aromatic carbocycles. The van der Waals surface area contributed by atoms with Crippen molar-refractivity contribution in [1.82, 2.24) is 25.6 Å². The number of nitrogens with one attached hydrogen (secondary N) is 2. The molecule has 194 valence electrons. The van der Waals surface area contributed by atoms with E-state index in [4.69, 9.17) is 0 Å². The van der Waals surface area contributed by atoms with Crippen LogP contribution in [0, 0.1) is 12.7 Å². The summed E-state index contributed by atoms with van der Waals surface area (Å²) in [5.41, 5.74) is 4.17. The molecule has 9 heteroatoms. The maximum atomic E-state index is 14.6. The van der Waals surface area contributed by atoms with Crippen molar-refractivity contribution in [3.05, 3.63) is 64.5 Å². The van der Waals surface area contributed by atoms with E-state index in [9.17, 15) is 13.6 Å². The number of hydrogen-bond acceptors (Lipinski definition) is 6. The molecule has 36 heavy (non-hydrogen) atoms. The SMILES string of the molecule is C=N/C=C(\C=C(/C)N[C@H]1CCN(C)C[C@H]1F)N1C=C(c2cc(C(=O)NC3CC3)c(F)cc2C)CN1C. The average Bonchev–Trinajstić information content (AvgIpc) is 3.54. The van der Waals surface area contributed by atoms with E-state index in [0.717, 1.165) is 53.9 Å². The molecule has 2 fully saturated rings. The molecule has 2 heterocycles. The number of benzene rings is 1. The number of hydrazine groups is 1. The Hall–Kier alpha value is -3.04. The second-order valence-corrected chi connectivity index (χ2v) is 10.1. The second kappa shape index (κ2) is 10.9. The molecule has 2 N–H and O–H groups in total. The molecule has 1 amide bonds. The van der Waals surface area contributed by atoms with Crippen molar-refractivity contribution in [1.29, 1.82) is 0 Å². The molecular formula is C27H36F2N6O. The summed E-state index contributed by atoms with van der Waals surface area (Å²) >= 11 is 0. The highest BCUT2D eigenvalue weighted by Crippen LogP contribution is 2.31. The minimum Gasteiger partial charge on any atom is -0.383 e. The quantitative estimate of drug-likeness (QED) is 0.424. The van der Waals surface area contributed by atoms with E-state index >= 15 is 0 Å². The number of allylic oxidation sites excluding steroid dienone is 2. The number of rotatable bonds is 8. The zero-order chi connectivity index (χ0) is 26.0. The molecule has 1 aliphatic carbocycles. The lowest BCUT2D eigenvalue weighted by Gasteiger charge is -2.33. The Morgan fingerprint density at radius 3 is 2.64 bits per heavy atom. The third-order valence-electron chi connectivity index (χ3n) is 6.87. The van der Waals surface area contributed by atoms with E-state index in [1.165, 1.54) is 6.07 Å². The molecule has 0 aromatic heterocycles. The summed E-state index contributed by atoms with van der Waals surface area (Å²) in [7, 11) is 3.87. The van der Waals surface area contributed by atoms with Crippen LogP contribution in [-0.4, -0.2) is 79.5 Å². The van der Waals surface area contributed by atoms with Crippen LogP contribution in [0.4, 0.5) is 8.78 Å². The van der Waals surface area contributed by atoms with Gasteiger partial charge in [0.25, 0.3) is 5.91 Å². The maximum Gasteiger partial charge on any atom is 0.254 e. The number of nitrogens with zero attached hydrogens (tertiary/aromatic N) is 4. The largest absolute Gasteiger partial charge is 0.383 e. The number of aryl methyl sites for hydroxylation is 1. The molecule has 0 unspecified atom stereocenters. The van der Waals surface area contributed by atoms with Crippen molar-refractivity contribution < 1.29 is 13.6 Å². The molecule has 2 atom stereocenters. The number of amides is 1. The van der Waals surface area contributed by atoms with Crippen LogP contribution < -0.4 is 10.6 Å². The van der Waals surface area contributed by atoms with Gasteiger partial charge in [-0.1, -0.05) is 0 Å². The third-order valence-corrected chi connectivity index (χ3v) is 6.87. The standard InChI is InChI=1S/C27H36F2N6O/c1-17-10-24(28)23(27(36)32-20-6-7-20)12-22(17)19-14-34(5)35(15-19)21(13-30-3)11-18(2)31-26-8-9-33(4)16-25(26)29/h10-13,15,20,25-26,31H,3,6-9,14,16H2,1-2,4-5H3,(H,32,36)/b18-11+,21-13+/t25-,26+/m1/s1. The van der Waals surface area contributed by atoms with E-state index in [1.807, 2.05) is 55.1 Å². The third kappa shape index (κ3) is 6.02. The fraction of sp³-hybridized carbons (Fsp3) is 0.481. The van der Waals surface area contributed by atoms with Gasteiger partial charge in [-0.2, -0.15) is 0 Å². The Morgan fingerprint density at radius 1 is 1.22 bits per heavy atom. The van der Waals surface area contributed by atoms with Crippen molar-refractivity contribution >= 4 is 18.2 Å². The maximum absolute atomic E-state index is 14.6. The highest BCUT2D eigenvalue weighted by molar-refractivity contribution is 5.96. The number of alkyl halides is 1. The molecule has 0 radical (unpaired) electrons. The van der Waals surface area contributed by atoms with E-state index < -0.39 is 12.0 Å². The second-order valence-electron chi connectivity index (χ2n) is 10.1. The summed E-state index contributed by atoms with van der Waals surface area (Å²) < 4.78 is 29.1. The van der Waals surface area contributed by atoms with Crippen molar-refractivity contribution in [3.63, 3.8) is 0 Å². The Morgan fingerprint density at radius 2 is 1.97 bits per heavy atom. The number of halogens is 2. The Balaban J connectivity index is 1.56. The van der Waals surface area contributed by atoms with Crippen LogP contribution in [-0.2, 0) is 0 Å². The first-order chi connectivity index (χ1) is 17.2. The van der Waals surface area contributed by atoms with Gasteiger partial charge in [0.1, 0.15) is 12.0 Å². The number of likely N-dealkylation sites (tertiary alicyclic amines) is 1. The Kier molecular flexibility index (Phi) is 7.90. The van der Waals surface area contributed by atoms with Crippen LogP contribution in [0.1, 0.15) is 47.7 Å². The van der Waals surface area contributed by atoms with Crippen molar-refractivity contribution in [2.75, 3.05) is 33.7 Å². The molecular weight excluding hydrogens is 462 g/mol. The summed E-state index contributed by atoms with van der Waals surface area (Å²) in [5, 5.41) is 10.1. The predicted molar refractivity (Wildman–Crippen MR) is 139 cm³/mol. The van der Waals surface area contributed by atoms with Crippen LogP contribution in [0.2, 0.25) is 0 Å². The first-order valence-corrected chi connectivity index (χ1v) is 12.4. The summed E-state index contributed by atoms with van der Waals surface area (Å²) in [6, 6.07) is 2.98. The fourth-order valence-electron chi connectivity index (χ4n) is 4.75. The molecule has 1 saturated carbocycles. The zero-order valence-electron chi connectivity index (χ0n) is 21.5. The van der Waals surface area contributed by atoms with Gasteiger partial charge in [-0.3, -0.25) is 14.8 Å². The molecule has 3 aliphatic rings. The number of aliphatic imine (C=N–C) groups is 1. The van der Waals surface area contributed by atoms with Crippen molar-refractivity contribution in [3.8, 4) is 0 Å². The van der Waals surface area contributed by atoms with Gasteiger partial charge >= 0.3 is 0 Å². The van der Waals surface area contributed by atoms with Crippen LogP contribution in [0.3, 0.4) is 0 Å². The summed E-state index contributed by atoms with van der Waals surface area (Å²) in [6.45, 7) is 9.19. The number of carbonyl (C=O) groups is 1. The zero-order valence-corrected chi connectivity index (χ0v) is 21.5. The van der Waals surface area contributed by atoms with Crippen LogP contribution in [0.5, 0.6) is 0 Å². The normalized spacial score (nSPS) is 24.1. The summed E-state index contributed by atoms with van der Waals surface area (Å²) in [4.78, 5) is 18.5. The highest BCUT2D eigenvalue weighted by Gasteiger charge is 2.29. The van der Waals surface area contributed by atoms with Gasteiger partial charge in [0, 0.05) is 44.6 Å². The number of piperidine rings is 1. The molecule has 2 aliphatic heterocycles. The number of hydrogen-bond donors (Lipinski definition) is 2. The molecule has 1 saturated heterocycles. The molecule has 7 nitrogen and oxygen atoms in total. The Bertz CT molecular complexity index is 1110. The Labute approximate surface area is 212 Å². The number of carbonyl (C=O) groups excluding carboxylic acids is 1. The summed E-state index contributed by atoms with van der Waals surface area (Å²) in [5.74, 6) is -0.888. The minimum absolute atomic E-state index is 0.0619. The minimum atomic E-state index is -0.939. The van der Waals surface area contributed by atoms with Gasteiger partial charge in [-0.15, -0.1) is 0 Å². The molecule has 0 spiro atoms. The summed E-state index contributed by atoms with van der Waals surface area (Å²) in [6.07, 6.45) is 7.19. The van der Waals surface area contributed by atoms with Gasteiger partial charge < -0.3 is 15.5 Å². The first-order valence-electron chi connectivity index (χ1n) is 12.4. The lowest BCUT2D eigenvalue weighted by atomic mass is 9.98. The molecule has 1 aromatic rings. The predicted octanol–water partition coefficient (Wildman–Crippen LogP) is 3.61. The molecule has 4 rings (SSSR count). The van der Waals surface area contributed by atoms with Crippen molar-refractivity contribution in [2.45, 2.75) is 51.4 Å². The lowest BCUT2D eigenvalue weighted by Crippen LogP contribution is -2.49. The average molecular weight is 499 g/mol. The van der Waals surface area contributed by atoms with Gasteiger partial charge in [0.2, 0.25) is 0 Å². The number of likely N-dealkylation sites (N-methyl/N-ethyl adjacent to an activating group) is 1. The monoisotopic (exact) mass is 498 g/mol. The van der Waals surface area contributed by atoms with E-state index in [0.29, 0.717) is 13.1 Å². The van der Waals surface area contributed by atoms with Gasteiger partial charge in [-0.05, 0) is 81.8 Å². The highest BCUT2D eigenvalue weighted by atomic mass is 19.1. The van der Waals surface area contributed by atoms with Gasteiger partial charge in [0.15, 0.2) is 0 Å². The first kappa shape index (κ1) is 26.0. The van der Waals surface area contributed by atoms with E-state index in [-0.39, 0.29) is 23.6 Å². The smallest absolute Gasteiger partial charge is 0.254 e. The van der Waals surface area contributed by atoms with Gasteiger partial charge in [-0.25, -0.2) is 13.8 Å².